The molecule has 0 amide bonds. The molecular formula is C24H22F3IN4O. The van der Waals surface area contributed by atoms with Crippen molar-refractivity contribution in [3.05, 3.63) is 87.0 Å². The minimum atomic E-state index is -1.21. The van der Waals surface area contributed by atoms with Crippen molar-refractivity contribution in [3.8, 4) is 0 Å². The highest BCUT2D eigenvalue weighted by Crippen LogP contribution is 2.29. The molecule has 3 aromatic rings. The molecule has 0 bridgehead atoms. The number of pyridine rings is 1. The monoisotopic (exact) mass is 566 g/mol. The molecule has 0 radical (unpaired) electrons. The summed E-state index contributed by atoms with van der Waals surface area (Å²) in [4.78, 5) is 19.1. The summed E-state index contributed by atoms with van der Waals surface area (Å²) in [6.07, 6.45) is 2.58. The second-order valence-corrected chi connectivity index (χ2v) is 9.12. The molecule has 1 aliphatic rings. The van der Waals surface area contributed by atoms with Gasteiger partial charge in [-0.1, -0.05) is 6.07 Å². The van der Waals surface area contributed by atoms with Crippen LogP contribution in [0, 0.1) is 21.0 Å². The van der Waals surface area contributed by atoms with Gasteiger partial charge in [0.05, 0.1) is 17.9 Å². The maximum absolute atomic E-state index is 14.6. The van der Waals surface area contributed by atoms with Crippen LogP contribution in [0.1, 0.15) is 16.1 Å². The maximum atomic E-state index is 14.6. The lowest BCUT2D eigenvalue weighted by molar-refractivity contribution is 0.0805. The third kappa shape index (κ3) is 5.90. The molecule has 5 nitrogen and oxygen atoms in total. The van der Waals surface area contributed by atoms with Gasteiger partial charge >= 0.3 is 0 Å². The van der Waals surface area contributed by atoms with Gasteiger partial charge in [0, 0.05) is 53.1 Å². The molecule has 1 aromatic heterocycles. The number of carbonyl (C=O) groups is 1. The molecule has 172 valence electrons. The number of nitrogens with one attached hydrogen (secondary N) is 2. The number of hydrogen-bond donors (Lipinski definition) is 2. The number of rotatable bonds is 9. The summed E-state index contributed by atoms with van der Waals surface area (Å²) >= 11 is 1.95. The van der Waals surface area contributed by atoms with Crippen LogP contribution < -0.4 is 10.6 Å². The van der Waals surface area contributed by atoms with Crippen LogP contribution in [0.5, 0.6) is 0 Å². The van der Waals surface area contributed by atoms with Crippen LogP contribution in [0.4, 0.5) is 24.5 Å². The Labute approximate surface area is 203 Å². The topological polar surface area (TPSA) is 57.3 Å². The fourth-order valence-corrected chi connectivity index (χ4v) is 4.15. The van der Waals surface area contributed by atoms with Gasteiger partial charge in [0.25, 0.3) is 0 Å². The van der Waals surface area contributed by atoms with Gasteiger partial charge in [-0.3, -0.25) is 14.7 Å². The van der Waals surface area contributed by atoms with Gasteiger partial charge in [0.2, 0.25) is 0 Å². The lowest BCUT2D eigenvalue weighted by Crippen LogP contribution is -2.59. The number of likely N-dealkylation sites (tertiary alicyclic amines) is 1. The number of Topliss-reactive ketones (excluding diaryl/α,β-unsaturated/α-hetero) is 1. The van der Waals surface area contributed by atoms with Crippen LogP contribution in [0.25, 0.3) is 0 Å². The number of halogens is 4. The van der Waals surface area contributed by atoms with E-state index in [1.54, 1.807) is 12.3 Å². The number of hydrogen-bond acceptors (Lipinski definition) is 5. The Morgan fingerprint density at radius 1 is 1.09 bits per heavy atom. The molecule has 1 fully saturated rings. The zero-order valence-corrected chi connectivity index (χ0v) is 19.8. The number of carbonyl (C=O) groups excluding carboxylic acids is 1. The molecule has 2 heterocycles. The Hall–Kier alpha value is -2.50. The average Bonchev–Trinajstić information content (AvgIpc) is 2.77. The fraction of sp³-hybridized carbons (Fsp3) is 0.250. The number of anilines is 2. The van der Waals surface area contributed by atoms with Crippen LogP contribution in [-0.2, 0) is 6.42 Å². The molecule has 1 saturated heterocycles. The molecular weight excluding hydrogens is 544 g/mol. The van der Waals surface area contributed by atoms with E-state index in [2.05, 4.69) is 15.6 Å². The van der Waals surface area contributed by atoms with Crippen molar-refractivity contribution in [2.75, 3.05) is 31.5 Å². The van der Waals surface area contributed by atoms with Crippen molar-refractivity contribution in [2.24, 2.45) is 0 Å². The SMILES string of the molecule is O=C(CN1CC(NCCc2ccccn2)C1)c1ccc(F)c(F)c1Nc1ccc(I)cc1F. The molecule has 0 spiro atoms. The van der Waals surface area contributed by atoms with Crippen LogP contribution >= 0.6 is 22.6 Å². The van der Waals surface area contributed by atoms with E-state index < -0.39 is 17.5 Å². The number of ketones is 1. The van der Waals surface area contributed by atoms with Crippen molar-refractivity contribution in [3.63, 3.8) is 0 Å². The molecule has 9 heteroatoms. The second-order valence-electron chi connectivity index (χ2n) is 7.87. The predicted octanol–water partition coefficient (Wildman–Crippen LogP) is 4.55. The summed E-state index contributed by atoms with van der Waals surface area (Å²) < 4.78 is 43.3. The van der Waals surface area contributed by atoms with E-state index in [1.165, 1.54) is 18.2 Å². The second kappa shape index (κ2) is 10.6. The molecule has 0 atom stereocenters. The van der Waals surface area contributed by atoms with E-state index >= 15 is 0 Å². The summed E-state index contributed by atoms with van der Waals surface area (Å²) in [7, 11) is 0. The Morgan fingerprint density at radius 3 is 2.64 bits per heavy atom. The zero-order valence-electron chi connectivity index (χ0n) is 17.6. The van der Waals surface area contributed by atoms with E-state index in [-0.39, 0.29) is 35.3 Å². The number of nitrogens with zero attached hydrogens (tertiary/aromatic N) is 2. The van der Waals surface area contributed by atoms with E-state index in [0.717, 1.165) is 24.7 Å². The summed E-state index contributed by atoms with van der Waals surface area (Å²) in [5.74, 6) is -3.31. The minimum Gasteiger partial charge on any atom is -0.350 e. The van der Waals surface area contributed by atoms with Gasteiger partial charge in [-0.15, -0.1) is 0 Å². The highest BCUT2D eigenvalue weighted by atomic mass is 127. The first-order valence-electron chi connectivity index (χ1n) is 10.5. The summed E-state index contributed by atoms with van der Waals surface area (Å²) in [6, 6.07) is 12.5. The van der Waals surface area contributed by atoms with Gasteiger partial charge in [0.15, 0.2) is 17.4 Å². The van der Waals surface area contributed by atoms with Crippen LogP contribution in [-0.4, -0.2) is 47.9 Å². The minimum absolute atomic E-state index is 0.0154. The van der Waals surface area contributed by atoms with Crippen LogP contribution in [0.15, 0.2) is 54.7 Å². The van der Waals surface area contributed by atoms with Gasteiger partial charge in [0.1, 0.15) is 5.82 Å². The first-order valence-corrected chi connectivity index (χ1v) is 11.6. The first-order chi connectivity index (χ1) is 15.9. The molecule has 0 saturated carbocycles. The molecule has 33 heavy (non-hydrogen) atoms. The van der Waals surface area contributed by atoms with Gasteiger partial charge < -0.3 is 10.6 Å². The van der Waals surface area contributed by atoms with Gasteiger partial charge in [-0.05, 0) is 65.1 Å². The van der Waals surface area contributed by atoms with Crippen molar-refractivity contribution < 1.29 is 18.0 Å². The molecule has 0 unspecified atom stereocenters. The molecule has 2 N–H and O–H groups in total. The van der Waals surface area contributed by atoms with Gasteiger partial charge in [-0.25, -0.2) is 13.2 Å². The van der Waals surface area contributed by atoms with Crippen molar-refractivity contribution in [2.45, 2.75) is 12.5 Å². The maximum Gasteiger partial charge on any atom is 0.182 e. The third-order valence-electron chi connectivity index (χ3n) is 5.45. The Morgan fingerprint density at radius 2 is 1.91 bits per heavy atom. The molecule has 2 aromatic carbocycles. The first kappa shape index (κ1) is 23.7. The average molecular weight is 566 g/mol. The Bertz CT molecular complexity index is 1140. The standard InChI is InChI=1S/C24H22F3IN4O/c25-19-6-5-18(24(23(19)27)31-21-7-4-15(28)11-20(21)26)22(33)14-32-12-17(13-32)30-10-8-16-3-1-2-9-29-16/h1-7,9,11,17,30-31H,8,10,12-14H2. The van der Waals surface area contributed by atoms with Crippen molar-refractivity contribution >= 4 is 39.7 Å². The Kier molecular flexibility index (Phi) is 7.61. The quantitative estimate of drug-likeness (QED) is 0.294. The summed E-state index contributed by atoms with van der Waals surface area (Å²) in [5, 5.41) is 5.99. The highest BCUT2D eigenvalue weighted by molar-refractivity contribution is 14.1. The predicted molar refractivity (Wildman–Crippen MR) is 129 cm³/mol. The summed E-state index contributed by atoms with van der Waals surface area (Å²) in [5.41, 5.74) is 0.610. The lowest BCUT2D eigenvalue weighted by atomic mass is 10.0. The largest absolute Gasteiger partial charge is 0.350 e. The van der Waals surface area contributed by atoms with Crippen molar-refractivity contribution in [1.82, 2.24) is 15.2 Å². The summed E-state index contributed by atoms with van der Waals surface area (Å²) in [6.45, 7) is 2.19. The van der Waals surface area contributed by atoms with E-state index in [0.29, 0.717) is 16.7 Å². The number of benzene rings is 2. The molecule has 1 aliphatic heterocycles. The Balaban J connectivity index is 1.35. The van der Waals surface area contributed by atoms with Crippen molar-refractivity contribution in [1.29, 1.82) is 0 Å². The molecule has 0 aliphatic carbocycles. The zero-order chi connectivity index (χ0) is 23.4. The smallest absolute Gasteiger partial charge is 0.182 e. The fourth-order valence-electron chi connectivity index (χ4n) is 3.70. The van der Waals surface area contributed by atoms with Crippen LogP contribution in [0.3, 0.4) is 0 Å². The lowest BCUT2D eigenvalue weighted by Gasteiger charge is -2.39. The van der Waals surface area contributed by atoms with Gasteiger partial charge in [-0.2, -0.15) is 0 Å². The van der Waals surface area contributed by atoms with E-state index in [9.17, 15) is 18.0 Å². The van der Waals surface area contributed by atoms with E-state index in [1.807, 2.05) is 45.7 Å². The highest BCUT2D eigenvalue weighted by Gasteiger charge is 2.29. The normalized spacial score (nSPS) is 14.2. The van der Waals surface area contributed by atoms with E-state index in [4.69, 9.17) is 0 Å². The third-order valence-corrected chi connectivity index (χ3v) is 6.12. The van der Waals surface area contributed by atoms with Crippen LogP contribution in [0.2, 0.25) is 0 Å². The molecule has 4 rings (SSSR count). The number of aromatic nitrogens is 1.